The zero-order valence-electron chi connectivity index (χ0n) is 12.0. The van der Waals surface area contributed by atoms with Gasteiger partial charge >= 0.3 is 0 Å². The van der Waals surface area contributed by atoms with Gasteiger partial charge in [0.05, 0.1) is 11.4 Å². The molecule has 100 valence electrons. The van der Waals surface area contributed by atoms with E-state index >= 15 is 0 Å². The molecule has 0 bridgehead atoms. The van der Waals surface area contributed by atoms with Crippen molar-refractivity contribution in [1.29, 1.82) is 0 Å². The predicted molar refractivity (Wildman–Crippen MR) is 75.1 cm³/mol. The fourth-order valence-corrected chi connectivity index (χ4v) is 2.48. The SMILES string of the molecule is CCN(CC)c1nc2c(c(C(C)C)n1)CNCC2. The van der Waals surface area contributed by atoms with Crippen LogP contribution in [0.1, 0.15) is 50.6 Å². The highest BCUT2D eigenvalue weighted by atomic mass is 15.2. The molecular formula is C14H24N4. The normalized spacial score (nSPS) is 14.7. The fraction of sp³-hybridized carbons (Fsp3) is 0.714. The van der Waals surface area contributed by atoms with Crippen LogP contribution in [-0.2, 0) is 13.0 Å². The zero-order valence-corrected chi connectivity index (χ0v) is 12.0. The van der Waals surface area contributed by atoms with E-state index in [-0.39, 0.29) is 0 Å². The van der Waals surface area contributed by atoms with Crippen molar-refractivity contribution in [3.8, 4) is 0 Å². The van der Waals surface area contributed by atoms with Gasteiger partial charge in [0, 0.05) is 38.2 Å². The van der Waals surface area contributed by atoms with Crippen LogP contribution in [0.4, 0.5) is 5.95 Å². The monoisotopic (exact) mass is 248 g/mol. The van der Waals surface area contributed by atoms with Crippen molar-refractivity contribution in [2.24, 2.45) is 0 Å². The van der Waals surface area contributed by atoms with Gasteiger partial charge < -0.3 is 10.2 Å². The van der Waals surface area contributed by atoms with Gasteiger partial charge in [0.15, 0.2) is 0 Å². The predicted octanol–water partition coefficient (Wildman–Crippen LogP) is 2.09. The van der Waals surface area contributed by atoms with Gasteiger partial charge in [-0.25, -0.2) is 9.97 Å². The Kier molecular flexibility index (Phi) is 4.17. The first-order valence-electron chi connectivity index (χ1n) is 7.02. The summed E-state index contributed by atoms with van der Waals surface area (Å²) in [5.41, 5.74) is 3.79. The van der Waals surface area contributed by atoms with Gasteiger partial charge in [0.25, 0.3) is 0 Å². The van der Waals surface area contributed by atoms with Gasteiger partial charge in [-0.05, 0) is 19.8 Å². The van der Waals surface area contributed by atoms with Crippen LogP contribution in [0.5, 0.6) is 0 Å². The summed E-state index contributed by atoms with van der Waals surface area (Å²) in [4.78, 5) is 11.8. The highest BCUT2D eigenvalue weighted by Gasteiger charge is 2.20. The van der Waals surface area contributed by atoms with E-state index in [1.165, 1.54) is 17.0 Å². The highest BCUT2D eigenvalue weighted by molar-refractivity contribution is 5.39. The molecule has 0 atom stereocenters. The van der Waals surface area contributed by atoms with Crippen molar-refractivity contribution < 1.29 is 0 Å². The third kappa shape index (κ3) is 2.48. The van der Waals surface area contributed by atoms with Gasteiger partial charge in [0.1, 0.15) is 0 Å². The molecule has 1 N–H and O–H groups in total. The molecule has 18 heavy (non-hydrogen) atoms. The lowest BCUT2D eigenvalue weighted by Gasteiger charge is -2.25. The molecule has 0 aliphatic carbocycles. The second-order valence-corrected chi connectivity index (χ2v) is 5.09. The molecule has 1 aromatic rings. The number of nitrogens with zero attached hydrogens (tertiary/aromatic N) is 3. The van der Waals surface area contributed by atoms with Gasteiger partial charge in [0.2, 0.25) is 5.95 Å². The zero-order chi connectivity index (χ0) is 13.1. The van der Waals surface area contributed by atoms with Crippen molar-refractivity contribution in [1.82, 2.24) is 15.3 Å². The maximum Gasteiger partial charge on any atom is 0.225 e. The summed E-state index contributed by atoms with van der Waals surface area (Å²) in [5, 5.41) is 3.42. The molecule has 0 fully saturated rings. The summed E-state index contributed by atoms with van der Waals surface area (Å²) < 4.78 is 0. The van der Waals surface area contributed by atoms with Crippen LogP contribution in [0.3, 0.4) is 0 Å². The van der Waals surface area contributed by atoms with Crippen LogP contribution < -0.4 is 10.2 Å². The molecule has 0 amide bonds. The van der Waals surface area contributed by atoms with E-state index in [4.69, 9.17) is 9.97 Å². The summed E-state index contributed by atoms with van der Waals surface area (Å²) in [6.07, 6.45) is 1.02. The first kappa shape index (κ1) is 13.3. The molecule has 0 saturated heterocycles. The van der Waals surface area contributed by atoms with E-state index < -0.39 is 0 Å². The number of fused-ring (bicyclic) bond motifs is 1. The van der Waals surface area contributed by atoms with Crippen molar-refractivity contribution in [2.75, 3.05) is 24.5 Å². The molecule has 2 heterocycles. The Hall–Kier alpha value is -1.16. The standard InChI is InChI=1S/C14H24N4/c1-5-18(6-2)14-16-12-7-8-15-9-11(12)13(17-14)10(3)4/h10,15H,5-9H2,1-4H3. The van der Waals surface area contributed by atoms with Gasteiger partial charge in [-0.2, -0.15) is 0 Å². The summed E-state index contributed by atoms with van der Waals surface area (Å²) in [6.45, 7) is 12.6. The molecule has 4 nitrogen and oxygen atoms in total. The lowest BCUT2D eigenvalue weighted by molar-refractivity contribution is 0.605. The number of hydrogen-bond acceptors (Lipinski definition) is 4. The van der Waals surface area contributed by atoms with Gasteiger partial charge in [-0.3, -0.25) is 0 Å². The van der Waals surface area contributed by atoms with E-state index in [0.717, 1.165) is 38.5 Å². The molecular weight excluding hydrogens is 224 g/mol. The van der Waals surface area contributed by atoms with E-state index in [9.17, 15) is 0 Å². The Bertz CT molecular complexity index is 411. The Morgan fingerprint density at radius 2 is 1.94 bits per heavy atom. The first-order chi connectivity index (χ1) is 8.67. The first-order valence-corrected chi connectivity index (χ1v) is 7.02. The minimum Gasteiger partial charge on any atom is -0.341 e. The topological polar surface area (TPSA) is 41.1 Å². The van der Waals surface area contributed by atoms with Crippen LogP contribution in [0.25, 0.3) is 0 Å². The Balaban J connectivity index is 2.47. The molecule has 1 aliphatic rings. The largest absolute Gasteiger partial charge is 0.341 e. The van der Waals surface area contributed by atoms with Crippen molar-refractivity contribution in [2.45, 2.75) is 46.6 Å². The summed E-state index contributed by atoms with van der Waals surface area (Å²) in [7, 11) is 0. The summed E-state index contributed by atoms with van der Waals surface area (Å²) >= 11 is 0. The van der Waals surface area contributed by atoms with E-state index in [1.54, 1.807) is 0 Å². The number of hydrogen-bond donors (Lipinski definition) is 1. The molecule has 1 aromatic heterocycles. The average Bonchev–Trinajstić information content (AvgIpc) is 2.39. The number of aromatic nitrogens is 2. The van der Waals surface area contributed by atoms with Gasteiger partial charge in [-0.15, -0.1) is 0 Å². The molecule has 4 heteroatoms. The van der Waals surface area contributed by atoms with Crippen LogP contribution >= 0.6 is 0 Å². The smallest absolute Gasteiger partial charge is 0.225 e. The molecule has 0 saturated carbocycles. The average molecular weight is 248 g/mol. The molecule has 1 aliphatic heterocycles. The van der Waals surface area contributed by atoms with E-state index in [1.807, 2.05) is 0 Å². The summed E-state index contributed by atoms with van der Waals surface area (Å²) in [5.74, 6) is 1.36. The van der Waals surface area contributed by atoms with Gasteiger partial charge in [-0.1, -0.05) is 13.8 Å². The molecule has 2 rings (SSSR count). The molecule has 0 unspecified atom stereocenters. The van der Waals surface area contributed by atoms with E-state index in [2.05, 4.69) is 37.9 Å². The van der Waals surface area contributed by atoms with Crippen LogP contribution in [-0.4, -0.2) is 29.6 Å². The minimum atomic E-state index is 0.455. The van der Waals surface area contributed by atoms with Crippen LogP contribution in [0, 0.1) is 0 Å². The summed E-state index contributed by atoms with van der Waals surface area (Å²) in [6, 6.07) is 0. The quantitative estimate of drug-likeness (QED) is 0.886. The van der Waals surface area contributed by atoms with Crippen molar-refractivity contribution >= 4 is 5.95 Å². The van der Waals surface area contributed by atoms with Crippen molar-refractivity contribution in [3.63, 3.8) is 0 Å². The highest BCUT2D eigenvalue weighted by Crippen LogP contribution is 2.24. The molecule has 0 spiro atoms. The van der Waals surface area contributed by atoms with E-state index in [0.29, 0.717) is 5.92 Å². The Morgan fingerprint density at radius 3 is 2.56 bits per heavy atom. The lowest BCUT2D eigenvalue weighted by atomic mass is 9.99. The fourth-order valence-electron chi connectivity index (χ4n) is 2.48. The second-order valence-electron chi connectivity index (χ2n) is 5.09. The Morgan fingerprint density at radius 1 is 1.22 bits per heavy atom. The number of nitrogens with one attached hydrogen (secondary N) is 1. The molecule has 0 aromatic carbocycles. The maximum absolute atomic E-state index is 4.80. The third-order valence-electron chi connectivity index (χ3n) is 3.55. The number of anilines is 1. The minimum absolute atomic E-state index is 0.455. The van der Waals surface area contributed by atoms with Crippen LogP contribution in [0.15, 0.2) is 0 Å². The van der Waals surface area contributed by atoms with Crippen molar-refractivity contribution in [3.05, 3.63) is 17.0 Å². The lowest BCUT2D eigenvalue weighted by Crippen LogP contribution is -2.30. The maximum atomic E-state index is 4.80. The van der Waals surface area contributed by atoms with Crippen LogP contribution in [0.2, 0.25) is 0 Å². The number of rotatable bonds is 4. The Labute approximate surface area is 110 Å². The second kappa shape index (κ2) is 5.65. The third-order valence-corrected chi connectivity index (χ3v) is 3.55. The molecule has 0 radical (unpaired) electrons.